The molecule has 32 heavy (non-hydrogen) atoms. The van der Waals surface area contributed by atoms with Crippen LogP contribution in [0.15, 0.2) is 48.5 Å². The maximum Gasteiger partial charge on any atom is 0.268 e. The predicted molar refractivity (Wildman–Crippen MR) is 121 cm³/mol. The lowest BCUT2D eigenvalue weighted by Crippen LogP contribution is -2.51. The van der Waals surface area contributed by atoms with E-state index in [0.717, 1.165) is 17.7 Å². The average molecular weight is 436 g/mol. The molecule has 2 amide bonds. The van der Waals surface area contributed by atoms with E-state index >= 15 is 0 Å². The SMILES string of the molecule is CC(O)C(NC(=O)c1ccc(C#Cc2ccc(CN3CCCCC3)cc2)cc1)C(=O)NO. The van der Waals surface area contributed by atoms with Crippen LogP contribution in [0.2, 0.25) is 0 Å². The standard InChI is InChI=1S/C25H29N3O4/c1-18(29)23(25(31)27-32)26-24(30)22-13-11-20(12-14-22)6-5-19-7-9-21(10-8-19)17-28-15-3-2-4-16-28/h7-14,18,23,29,32H,2-4,15-17H2,1H3,(H,26,30)(H,27,31). The van der Waals surface area contributed by atoms with Gasteiger partial charge in [0.25, 0.3) is 11.8 Å². The summed E-state index contributed by atoms with van der Waals surface area (Å²) >= 11 is 0. The van der Waals surface area contributed by atoms with E-state index in [1.54, 1.807) is 24.3 Å². The van der Waals surface area contributed by atoms with E-state index in [4.69, 9.17) is 5.21 Å². The van der Waals surface area contributed by atoms with Crippen LogP contribution in [0.25, 0.3) is 0 Å². The van der Waals surface area contributed by atoms with Crippen LogP contribution < -0.4 is 10.8 Å². The number of nitrogens with zero attached hydrogens (tertiary/aromatic N) is 1. The predicted octanol–water partition coefficient (Wildman–Crippen LogP) is 2.06. The van der Waals surface area contributed by atoms with Gasteiger partial charge in [-0.1, -0.05) is 30.4 Å². The fourth-order valence-electron chi connectivity index (χ4n) is 3.62. The van der Waals surface area contributed by atoms with E-state index in [-0.39, 0.29) is 0 Å². The quantitative estimate of drug-likeness (QED) is 0.316. The van der Waals surface area contributed by atoms with E-state index in [0.29, 0.717) is 5.56 Å². The van der Waals surface area contributed by atoms with Gasteiger partial charge in [-0.2, -0.15) is 0 Å². The number of aliphatic hydroxyl groups is 1. The van der Waals surface area contributed by atoms with Gasteiger partial charge in [0.15, 0.2) is 0 Å². The van der Waals surface area contributed by atoms with Gasteiger partial charge in [0.1, 0.15) is 6.04 Å². The molecule has 1 aliphatic heterocycles. The van der Waals surface area contributed by atoms with Crippen LogP contribution in [0.4, 0.5) is 0 Å². The second-order valence-corrected chi connectivity index (χ2v) is 8.03. The molecule has 0 saturated carbocycles. The van der Waals surface area contributed by atoms with Gasteiger partial charge in [-0.25, -0.2) is 5.48 Å². The Morgan fingerprint density at radius 3 is 2.06 bits per heavy atom. The summed E-state index contributed by atoms with van der Waals surface area (Å²) in [5.74, 6) is 4.79. The van der Waals surface area contributed by atoms with Crippen molar-refractivity contribution >= 4 is 11.8 Å². The smallest absolute Gasteiger partial charge is 0.268 e. The van der Waals surface area contributed by atoms with E-state index in [2.05, 4.69) is 34.2 Å². The number of rotatable bonds is 6. The summed E-state index contributed by atoms with van der Waals surface area (Å²) in [5.41, 5.74) is 4.71. The van der Waals surface area contributed by atoms with Gasteiger partial charge in [-0.15, -0.1) is 0 Å². The average Bonchev–Trinajstić information content (AvgIpc) is 2.82. The Morgan fingerprint density at radius 2 is 1.53 bits per heavy atom. The van der Waals surface area contributed by atoms with Crippen molar-refractivity contribution in [2.45, 2.75) is 44.9 Å². The highest BCUT2D eigenvalue weighted by Crippen LogP contribution is 2.13. The molecule has 3 rings (SSSR count). The number of piperidine rings is 1. The van der Waals surface area contributed by atoms with E-state index in [1.165, 1.54) is 50.3 Å². The highest BCUT2D eigenvalue weighted by molar-refractivity contribution is 5.97. The van der Waals surface area contributed by atoms with Gasteiger partial charge in [0, 0.05) is 23.2 Å². The Balaban J connectivity index is 1.58. The van der Waals surface area contributed by atoms with Crippen molar-refractivity contribution in [1.82, 2.24) is 15.7 Å². The first-order chi connectivity index (χ1) is 15.5. The number of carbonyl (C=O) groups excluding carboxylic acids is 2. The Bertz CT molecular complexity index is 969. The Labute approximate surface area is 188 Å². The third kappa shape index (κ3) is 6.66. The lowest BCUT2D eigenvalue weighted by molar-refractivity contribution is -0.133. The molecule has 1 saturated heterocycles. The molecule has 7 nitrogen and oxygen atoms in total. The number of hydrogen-bond donors (Lipinski definition) is 4. The second kappa shape index (κ2) is 11.4. The number of amides is 2. The van der Waals surface area contributed by atoms with Crippen LogP contribution in [0.5, 0.6) is 0 Å². The molecular formula is C25H29N3O4. The lowest BCUT2D eigenvalue weighted by Gasteiger charge is -2.26. The minimum absolute atomic E-state index is 0.314. The maximum absolute atomic E-state index is 12.3. The maximum atomic E-state index is 12.3. The first kappa shape index (κ1) is 23.5. The largest absolute Gasteiger partial charge is 0.391 e. The van der Waals surface area contributed by atoms with Crippen LogP contribution >= 0.6 is 0 Å². The van der Waals surface area contributed by atoms with Crippen molar-refractivity contribution in [2.24, 2.45) is 0 Å². The van der Waals surface area contributed by atoms with Crippen LogP contribution in [0, 0.1) is 11.8 Å². The van der Waals surface area contributed by atoms with Crippen molar-refractivity contribution in [3.63, 3.8) is 0 Å². The molecule has 2 unspecified atom stereocenters. The first-order valence-corrected chi connectivity index (χ1v) is 10.8. The molecule has 2 aromatic rings. The topological polar surface area (TPSA) is 102 Å². The van der Waals surface area contributed by atoms with Gasteiger partial charge in [0.05, 0.1) is 6.10 Å². The van der Waals surface area contributed by atoms with Crippen molar-refractivity contribution in [3.05, 3.63) is 70.8 Å². The van der Waals surface area contributed by atoms with Crippen LogP contribution in [-0.2, 0) is 11.3 Å². The third-order valence-corrected chi connectivity index (χ3v) is 5.47. The normalized spacial score (nSPS) is 15.7. The molecule has 1 aliphatic rings. The minimum atomic E-state index is -1.26. The van der Waals surface area contributed by atoms with Gasteiger partial charge in [0.2, 0.25) is 0 Å². The number of carbonyl (C=O) groups is 2. The second-order valence-electron chi connectivity index (χ2n) is 8.03. The van der Waals surface area contributed by atoms with Crippen molar-refractivity contribution in [2.75, 3.05) is 13.1 Å². The summed E-state index contributed by atoms with van der Waals surface area (Å²) < 4.78 is 0. The number of benzene rings is 2. The molecule has 7 heteroatoms. The molecule has 2 aromatic carbocycles. The molecule has 1 fully saturated rings. The van der Waals surface area contributed by atoms with Crippen molar-refractivity contribution in [1.29, 1.82) is 0 Å². The van der Waals surface area contributed by atoms with Crippen molar-refractivity contribution in [3.8, 4) is 11.8 Å². The molecule has 0 aromatic heterocycles. The summed E-state index contributed by atoms with van der Waals surface area (Å²) in [5, 5.41) is 20.8. The molecule has 0 spiro atoms. The van der Waals surface area contributed by atoms with Crippen LogP contribution in [0.1, 0.15) is 53.2 Å². The molecule has 1 heterocycles. The fourth-order valence-corrected chi connectivity index (χ4v) is 3.62. The molecule has 4 N–H and O–H groups in total. The fraction of sp³-hybridized carbons (Fsp3) is 0.360. The summed E-state index contributed by atoms with van der Waals surface area (Å²) in [6.45, 7) is 4.67. The first-order valence-electron chi connectivity index (χ1n) is 10.8. The molecule has 168 valence electrons. The zero-order chi connectivity index (χ0) is 22.9. The number of hydroxylamine groups is 1. The Morgan fingerprint density at radius 1 is 0.969 bits per heavy atom. The van der Waals surface area contributed by atoms with Crippen LogP contribution in [-0.4, -0.2) is 52.3 Å². The van der Waals surface area contributed by atoms with Gasteiger partial charge in [-0.3, -0.25) is 19.7 Å². The molecular weight excluding hydrogens is 406 g/mol. The zero-order valence-corrected chi connectivity index (χ0v) is 18.2. The van der Waals surface area contributed by atoms with E-state index in [9.17, 15) is 14.7 Å². The minimum Gasteiger partial charge on any atom is -0.391 e. The number of hydrogen-bond acceptors (Lipinski definition) is 5. The van der Waals surface area contributed by atoms with Gasteiger partial charge in [-0.05, 0) is 74.8 Å². The summed E-state index contributed by atoms with van der Waals surface area (Å²) in [7, 11) is 0. The van der Waals surface area contributed by atoms with Gasteiger partial charge >= 0.3 is 0 Å². The highest BCUT2D eigenvalue weighted by atomic mass is 16.5. The molecule has 0 bridgehead atoms. The van der Waals surface area contributed by atoms with Crippen molar-refractivity contribution < 1.29 is 19.9 Å². The summed E-state index contributed by atoms with van der Waals surface area (Å²) in [6, 6.07) is 13.7. The van der Waals surface area contributed by atoms with Gasteiger partial charge < -0.3 is 10.4 Å². The van der Waals surface area contributed by atoms with E-state index < -0.39 is 24.0 Å². The van der Waals surface area contributed by atoms with E-state index in [1.807, 2.05) is 12.1 Å². The molecule has 0 radical (unpaired) electrons. The Hall–Kier alpha value is -3.18. The number of aliphatic hydroxyl groups excluding tert-OH is 1. The number of nitrogens with one attached hydrogen (secondary N) is 2. The Kier molecular flexibility index (Phi) is 8.40. The zero-order valence-electron chi connectivity index (χ0n) is 18.2. The monoisotopic (exact) mass is 435 g/mol. The molecule has 0 aliphatic carbocycles. The highest BCUT2D eigenvalue weighted by Gasteiger charge is 2.25. The summed E-state index contributed by atoms with van der Waals surface area (Å²) in [6.07, 6.45) is 2.73. The lowest BCUT2D eigenvalue weighted by atomic mass is 10.1. The summed E-state index contributed by atoms with van der Waals surface area (Å²) in [4.78, 5) is 26.4. The van der Waals surface area contributed by atoms with Crippen LogP contribution in [0.3, 0.4) is 0 Å². The molecule has 2 atom stereocenters. The number of likely N-dealkylation sites (tertiary alicyclic amines) is 1. The third-order valence-electron chi connectivity index (χ3n) is 5.47.